The third-order valence-electron chi connectivity index (χ3n) is 2.37. The molecule has 0 amide bonds. The second-order valence-corrected chi connectivity index (χ2v) is 5.89. The number of aliphatic imine (C=N–C) groups is 1. The summed E-state index contributed by atoms with van der Waals surface area (Å²) in [6.07, 6.45) is 1.79. The van der Waals surface area contributed by atoms with Crippen molar-refractivity contribution in [3.8, 4) is 0 Å². The highest BCUT2D eigenvalue weighted by molar-refractivity contribution is 9.11. The molecule has 0 bridgehead atoms. The molecule has 0 aliphatic rings. The van der Waals surface area contributed by atoms with Crippen molar-refractivity contribution in [3.05, 3.63) is 39.8 Å². The third-order valence-corrected chi connectivity index (χ3v) is 3.76. The highest BCUT2D eigenvalue weighted by atomic mass is 79.9. The molecule has 0 saturated carbocycles. The van der Waals surface area contributed by atoms with Crippen LogP contribution in [0.5, 0.6) is 0 Å². The Morgan fingerprint density at radius 2 is 2.06 bits per heavy atom. The highest BCUT2D eigenvalue weighted by Crippen LogP contribution is 2.26. The average molecular weight is 310 g/mol. The Hall–Kier alpha value is -1.20. The van der Waals surface area contributed by atoms with Crippen LogP contribution in [0, 0.1) is 0 Å². The van der Waals surface area contributed by atoms with Crippen LogP contribution in [-0.4, -0.2) is 17.7 Å². The topological polar surface area (TPSA) is 37.3 Å². The Bertz CT molecular complexity index is 531. The van der Waals surface area contributed by atoms with Gasteiger partial charge in [-0.05, 0) is 40.5 Å². The summed E-state index contributed by atoms with van der Waals surface area (Å²) in [6.45, 7) is 2.00. The first kappa shape index (κ1) is 12.3. The first-order valence-electron chi connectivity index (χ1n) is 5.11. The SMILES string of the molecule is CN=C(C)c1ccc(Nc2ncc(Br)s2)cc1. The van der Waals surface area contributed by atoms with Crippen LogP contribution < -0.4 is 5.32 Å². The van der Waals surface area contributed by atoms with Crippen LogP contribution >= 0.6 is 27.3 Å². The van der Waals surface area contributed by atoms with E-state index in [1.54, 1.807) is 24.6 Å². The van der Waals surface area contributed by atoms with Gasteiger partial charge in [0.2, 0.25) is 0 Å². The van der Waals surface area contributed by atoms with Crippen LogP contribution in [0.25, 0.3) is 0 Å². The van der Waals surface area contributed by atoms with Gasteiger partial charge in [0.15, 0.2) is 5.13 Å². The third kappa shape index (κ3) is 3.14. The number of halogens is 1. The second kappa shape index (κ2) is 5.42. The predicted octanol–water partition coefficient (Wildman–Crippen LogP) is 4.09. The monoisotopic (exact) mass is 309 g/mol. The van der Waals surface area contributed by atoms with Gasteiger partial charge >= 0.3 is 0 Å². The minimum Gasteiger partial charge on any atom is -0.332 e. The minimum absolute atomic E-state index is 0.880. The fraction of sp³-hybridized carbons (Fsp3) is 0.167. The maximum Gasteiger partial charge on any atom is 0.188 e. The Labute approximate surface area is 113 Å². The van der Waals surface area contributed by atoms with Crippen molar-refractivity contribution in [2.45, 2.75) is 6.92 Å². The molecular formula is C12H12BrN3S. The van der Waals surface area contributed by atoms with Gasteiger partial charge in [0, 0.05) is 18.4 Å². The Morgan fingerprint density at radius 3 is 2.59 bits per heavy atom. The van der Waals surface area contributed by atoms with E-state index in [9.17, 15) is 0 Å². The van der Waals surface area contributed by atoms with E-state index in [1.165, 1.54) is 0 Å². The zero-order valence-electron chi connectivity index (χ0n) is 9.57. The van der Waals surface area contributed by atoms with Crippen LogP contribution in [0.1, 0.15) is 12.5 Å². The van der Waals surface area contributed by atoms with Gasteiger partial charge in [-0.3, -0.25) is 4.99 Å². The van der Waals surface area contributed by atoms with E-state index in [0.717, 1.165) is 25.9 Å². The lowest BCUT2D eigenvalue weighted by Crippen LogP contribution is -1.95. The number of thiazole rings is 1. The molecule has 0 fully saturated rings. The molecule has 0 aliphatic carbocycles. The largest absolute Gasteiger partial charge is 0.332 e. The Morgan fingerprint density at radius 1 is 1.35 bits per heavy atom. The molecule has 0 unspecified atom stereocenters. The molecule has 88 valence electrons. The highest BCUT2D eigenvalue weighted by Gasteiger charge is 2.01. The van der Waals surface area contributed by atoms with Crippen molar-refractivity contribution in [2.75, 3.05) is 12.4 Å². The summed E-state index contributed by atoms with van der Waals surface area (Å²) in [4.78, 5) is 8.38. The predicted molar refractivity (Wildman–Crippen MR) is 77.7 cm³/mol. The van der Waals surface area contributed by atoms with Crippen LogP contribution in [0.3, 0.4) is 0 Å². The van der Waals surface area contributed by atoms with Crippen molar-refractivity contribution in [1.82, 2.24) is 4.98 Å². The van der Waals surface area contributed by atoms with Gasteiger partial charge < -0.3 is 5.32 Å². The molecule has 3 nitrogen and oxygen atoms in total. The molecule has 1 aromatic carbocycles. The van der Waals surface area contributed by atoms with Crippen molar-refractivity contribution in [1.29, 1.82) is 0 Å². The van der Waals surface area contributed by atoms with Crippen molar-refractivity contribution >= 4 is 43.8 Å². The normalized spacial score (nSPS) is 11.6. The molecule has 0 spiro atoms. The lowest BCUT2D eigenvalue weighted by atomic mass is 10.1. The van der Waals surface area contributed by atoms with Crippen LogP contribution in [-0.2, 0) is 0 Å². The number of aromatic nitrogens is 1. The smallest absolute Gasteiger partial charge is 0.188 e. The van der Waals surface area contributed by atoms with Crippen LogP contribution in [0.2, 0.25) is 0 Å². The van der Waals surface area contributed by atoms with Crippen LogP contribution in [0.15, 0.2) is 39.2 Å². The van der Waals surface area contributed by atoms with Crippen molar-refractivity contribution in [2.24, 2.45) is 4.99 Å². The lowest BCUT2D eigenvalue weighted by molar-refractivity contribution is 1.38. The fourth-order valence-electron chi connectivity index (χ4n) is 1.36. The zero-order valence-corrected chi connectivity index (χ0v) is 12.0. The molecule has 0 radical (unpaired) electrons. The van der Waals surface area contributed by atoms with Gasteiger partial charge in [-0.15, -0.1) is 0 Å². The molecule has 17 heavy (non-hydrogen) atoms. The summed E-state index contributed by atoms with van der Waals surface area (Å²) in [5.41, 5.74) is 3.20. The van der Waals surface area contributed by atoms with E-state index in [4.69, 9.17) is 0 Å². The van der Waals surface area contributed by atoms with E-state index >= 15 is 0 Å². The maximum atomic E-state index is 4.22. The molecule has 0 atom stereocenters. The van der Waals surface area contributed by atoms with Crippen LogP contribution in [0.4, 0.5) is 10.8 Å². The van der Waals surface area contributed by atoms with E-state index in [2.05, 4.69) is 31.2 Å². The summed E-state index contributed by atoms with van der Waals surface area (Å²) in [5.74, 6) is 0. The average Bonchev–Trinajstić information content (AvgIpc) is 2.75. The fourth-order valence-corrected chi connectivity index (χ4v) is 2.49. The molecule has 5 heteroatoms. The summed E-state index contributed by atoms with van der Waals surface area (Å²) >= 11 is 4.95. The summed E-state index contributed by atoms with van der Waals surface area (Å²) < 4.78 is 1.02. The number of nitrogens with zero attached hydrogens (tertiary/aromatic N) is 2. The molecule has 2 rings (SSSR count). The minimum atomic E-state index is 0.880. The first-order valence-corrected chi connectivity index (χ1v) is 6.72. The second-order valence-electron chi connectivity index (χ2n) is 3.48. The van der Waals surface area contributed by atoms with E-state index in [-0.39, 0.29) is 0 Å². The first-order chi connectivity index (χ1) is 8.19. The summed E-state index contributed by atoms with van der Waals surface area (Å²) in [6, 6.07) is 8.15. The van der Waals surface area contributed by atoms with Gasteiger partial charge in [-0.1, -0.05) is 23.5 Å². The maximum absolute atomic E-state index is 4.22. The van der Waals surface area contributed by atoms with Gasteiger partial charge in [-0.2, -0.15) is 0 Å². The van der Waals surface area contributed by atoms with Gasteiger partial charge in [0.25, 0.3) is 0 Å². The Balaban J connectivity index is 2.13. The molecule has 2 aromatic rings. The molecule has 1 N–H and O–H groups in total. The molecule has 1 heterocycles. The van der Waals surface area contributed by atoms with Crippen molar-refractivity contribution < 1.29 is 0 Å². The van der Waals surface area contributed by atoms with E-state index in [0.29, 0.717) is 0 Å². The number of benzene rings is 1. The standard InChI is InChI=1S/C12H12BrN3S/c1-8(14-2)9-3-5-10(6-4-9)16-12-15-7-11(13)17-12/h3-7H,1-2H3,(H,15,16). The zero-order chi connectivity index (χ0) is 12.3. The summed E-state index contributed by atoms with van der Waals surface area (Å²) in [5, 5.41) is 4.13. The van der Waals surface area contributed by atoms with Crippen molar-refractivity contribution in [3.63, 3.8) is 0 Å². The number of anilines is 2. The Kier molecular flexibility index (Phi) is 3.91. The quantitative estimate of drug-likeness (QED) is 0.867. The van der Waals surface area contributed by atoms with Gasteiger partial charge in [0.1, 0.15) is 0 Å². The molecule has 1 aromatic heterocycles. The van der Waals surface area contributed by atoms with E-state index in [1.807, 2.05) is 31.2 Å². The van der Waals surface area contributed by atoms with E-state index < -0.39 is 0 Å². The number of hydrogen-bond donors (Lipinski definition) is 1. The number of rotatable bonds is 3. The van der Waals surface area contributed by atoms with Gasteiger partial charge in [-0.25, -0.2) is 4.98 Å². The lowest BCUT2D eigenvalue weighted by Gasteiger charge is -2.04. The molecular weight excluding hydrogens is 298 g/mol. The number of nitrogens with one attached hydrogen (secondary N) is 1. The number of hydrogen-bond acceptors (Lipinski definition) is 4. The summed E-state index contributed by atoms with van der Waals surface area (Å²) in [7, 11) is 1.80. The molecule has 0 saturated heterocycles. The van der Waals surface area contributed by atoms with Gasteiger partial charge in [0.05, 0.1) is 9.98 Å². The molecule has 0 aliphatic heterocycles.